The third kappa shape index (κ3) is 1.16. The number of fused-ring (bicyclic) bond motifs is 1. The van der Waals surface area contributed by atoms with Gasteiger partial charge < -0.3 is 4.98 Å². The number of nitriles is 1. The van der Waals surface area contributed by atoms with Crippen molar-refractivity contribution in [3.8, 4) is 6.07 Å². The fourth-order valence-electron chi connectivity index (χ4n) is 1.64. The molecule has 1 N–H and O–H groups in total. The topological polar surface area (TPSA) is 39.6 Å². The first-order chi connectivity index (χ1) is 6.74. The molecule has 0 aliphatic carbocycles. The van der Waals surface area contributed by atoms with Crippen LogP contribution >= 0.6 is 0 Å². The Labute approximate surface area is 81.0 Å². The molecule has 0 unspecified atom stereocenters. The molecule has 0 saturated heterocycles. The van der Waals surface area contributed by atoms with Crippen molar-refractivity contribution in [2.75, 3.05) is 0 Å². The number of aromatic nitrogens is 1. The molecule has 0 atom stereocenters. The van der Waals surface area contributed by atoms with Gasteiger partial charge in [-0.2, -0.15) is 5.26 Å². The molecule has 0 bridgehead atoms. The number of hydrogen-bond acceptors (Lipinski definition) is 1. The van der Waals surface area contributed by atoms with Gasteiger partial charge in [-0.25, -0.2) is 4.39 Å². The van der Waals surface area contributed by atoms with Crippen LogP contribution in [0, 0.1) is 24.1 Å². The monoisotopic (exact) mass is 188 g/mol. The molecule has 0 spiro atoms. The highest BCUT2D eigenvalue weighted by Crippen LogP contribution is 2.24. The van der Waals surface area contributed by atoms with E-state index in [2.05, 4.69) is 4.98 Å². The SMILES string of the molecule is Cc1ccc(F)c2c(CC#N)c[nH]c12. The molecule has 0 fully saturated rings. The van der Waals surface area contributed by atoms with E-state index in [0.29, 0.717) is 5.39 Å². The van der Waals surface area contributed by atoms with Crippen LogP contribution in [0.1, 0.15) is 11.1 Å². The molecule has 3 heteroatoms. The number of rotatable bonds is 1. The van der Waals surface area contributed by atoms with E-state index in [0.717, 1.165) is 16.6 Å². The van der Waals surface area contributed by atoms with Crippen LogP contribution < -0.4 is 0 Å². The predicted octanol–water partition coefficient (Wildman–Crippen LogP) is 2.68. The Balaban J connectivity index is 2.78. The maximum Gasteiger partial charge on any atom is 0.132 e. The summed E-state index contributed by atoms with van der Waals surface area (Å²) in [4.78, 5) is 2.99. The number of nitrogens with zero attached hydrogens (tertiary/aromatic N) is 1. The number of halogens is 1. The molecule has 0 radical (unpaired) electrons. The Hall–Kier alpha value is -1.82. The van der Waals surface area contributed by atoms with Gasteiger partial charge in [0.05, 0.1) is 18.0 Å². The second-order valence-corrected chi connectivity index (χ2v) is 3.26. The zero-order valence-electron chi connectivity index (χ0n) is 7.76. The lowest BCUT2D eigenvalue weighted by molar-refractivity contribution is 0.639. The zero-order chi connectivity index (χ0) is 10.1. The van der Waals surface area contributed by atoms with Gasteiger partial charge in [0.25, 0.3) is 0 Å². The van der Waals surface area contributed by atoms with Gasteiger partial charge >= 0.3 is 0 Å². The maximum absolute atomic E-state index is 13.5. The third-order valence-electron chi connectivity index (χ3n) is 2.34. The molecule has 0 amide bonds. The Morgan fingerprint density at radius 2 is 2.29 bits per heavy atom. The van der Waals surface area contributed by atoms with Crippen molar-refractivity contribution < 1.29 is 4.39 Å². The standard InChI is InChI=1S/C11H9FN2/c1-7-2-3-9(12)10-8(4-5-13)6-14-11(7)10/h2-3,6,14H,4H2,1H3. The fourth-order valence-corrected chi connectivity index (χ4v) is 1.64. The molecule has 0 aliphatic heterocycles. The summed E-state index contributed by atoms with van der Waals surface area (Å²) < 4.78 is 13.5. The molecule has 0 saturated carbocycles. The highest BCUT2D eigenvalue weighted by atomic mass is 19.1. The van der Waals surface area contributed by atoms with Gasteiger partial charge in [-0.1, -0.05) is 6.07 Å². The third-order valence-corrected chi connectivity index (χ3v) is 2.34. The largest absolute Gasteiger partial charge is 0.361 e. The highest BCUT2D eigenvalue weighted by Gasteiger charge is 2.09. The molecule has 70 valence electrons. The van der Waals surface area contributed by atoms with E-state index in [1.807, 2.05) is 13.0 Å². The molecule has 2 aromatic rings. The predicted molar refractivity (Wildman–Crippen MR) is 52.3 cm³/mol. The lowest BCUT2D eigenvalue weighted by Gasteiger charge is -1.98. The van der Waals surface area contributed by atoms with Crippen LogP contribution in [-0.4, -0.2) is 4.98 Å². The summed E-state index contributed by atoms with van der Waals surface area (Å²) in [6.07, 6.45) is 1.93. The van der Waals surface area contributed by atoms with E-state index >= 15 is 0 Å². The Morgan fingerprint density at radius 3 is 3.00 bits per heavy atom. The summed E-state index contributed by atoms with van der Waals surface area (Å²) in [6.45, 7) is 1.91. The molecule has 2 rings (SSSR count). The first-order valence-corrected chi connectivity index (χ1v) is 4.36. The van der Waals surface area contributed by atoms with Crippen LogP contribution in [0.15, 0.2) is 18.3 Å². The van der Waals surface area contributed by atoms with Crippen LogP contribution in [0.25, 0.3) is 10.9 Å². The van der Waals surface area contributed by atoms with Gasteiger partial charge in [0.15, 0.2) is 0 Å². The quantitative estimate of drug-likeness (QED) is 0.734. The summed E-state index contributed by atoms with van der Waals surface area (Å²) in [5, 5.41) is 9.12. The average molecular weight is 188 g/mol. The van der Waals surface area contributed by atoms with Crippen molar-refractivity contribution in [3.05, 3.63) is 35.3 Å². The average Bonchev–Trinajstić information content (AvgIpc) is 2.58. The second-order valence-electron chi connectivity index (χ2n) is 3.26. The number of hydrogen-bond donors (Lipinski definition) is 1. The highest BCUT2D eigenvalue weighted by molar-refractivity contribution is 5.86. The number of aryl methyl sites for hydroxylation is 1. The summed E-state index contributed by atoms with van der Waals surface area (Å²) >= 11 is 0. The summed E-state index contributed by atoms with van der Waals surface area (Å²) in [5.41, 5.74) is 2.50. The summed E-state index contributed by atoms with van der Waals surface area (Å²) in [6, 6.07) is 5.19. The van der Waals surface area contributed by atoms with Crippen molar-refractivity contribution in [3.63, 3.8) is 0 Å². The number of H-pyrrole nitrogens is 1. The lowest BCUT2D eigenvalue weighted by atomic mass is 10.1. The summed E-state index contributed by atoms with van der Waals surface area (Å²) in [5.74, 6) is -0.267. The van der Waals surface area contributed by atoms with E-state index in [4.69, 9.17) is 5.26 Å². The van der Waals surface area contributed by atoms with Crippen LogP contribution in [-0.2, 0) is 6.42 Å². The molecule has 2 nitrogen and oxygen atoms in total. The first kappa shape index (κ1) is 8.76. The molecule has 1 aromatic carbocycles. The normalized spacial score (nSPS) is 10.4. The molecule has 1 heterocycles. The van der Waals surface area contributed by atoms with Crippen molar-refractivity contribution >= 4 is 10.9 Å². The van der Waals surface area contributed by atoms with Crippen LogP contribution in [0.5, 0.6) is 0 Å². The molecular weight excluding hydrogens is 179 g/mol. The van der Waals surface area contributed by atoms with E-state index < -0.39 is 0 Å². The van der Waals surface area contributed by atoms with Gasteiger partial charge in [-0.05, 0) is 24.1 Å². The zero-order valence-corrected chi connectivity index (χ0v) is 7.76. The van der Waals surface area contributed by atoms with Gasteiger partial charge in [0, 0.05) is 11.6 Å². The van der Waals surface area contributed by atoms with Crippen LogP contribution in [0.3, 0.4) is 0 Å². The minimum atomic E-state index is -0.267. The molecule has 14 heavy (non-hydrogen) atoms. The molecule has 1 aromatic heterocycles. The minimum Gasteiger partial charge on any atom is -0.361 e. The minimum absolute atomic E-state index is 0.236. The Kier molecular flexibility index (Phi) is 1.97. The van der Waals surface area contributed by atoms with Crippen molar-refractivity contribution in [1.82, 2.24) is 4.98 Å². The Morgan fingerprint density at radius 1 is 1.50 bits per heavy atom. The Bertz CT molecular complexity index is 520. The molecular formula is C11H9FN2. The van der Waals surface area contributed by atoms with Gasteiger partial charge in [-0.3, -0.25) is 0 Å². The van der Waals surface area contributed by atoms with Gasteiger partial charge in [0.1, 0.15) is 5.82 Å². The van der Waals surface area contributed by atoms with Crippen molar-refractivity contribution in [2.45, 2.75) is 13.3 Å². The molecule has 0 aliphatic rings. The van der Waals surface area contributed by atoms with E-state index in [1.165, 1.54) is 6.07 Å². The van der Waals surface area contributed by atoms with Crippen molar-refractivity contribution in [1.29, 1.82) is 5.26 Å². The van der Waals surface area contributed by atoms with Crippen LogP contribution in [0.2, 0.25) is 0 Å². The van der Waals surface area contributed by atoms with Gasteiger partial charge in [-0.15, -0.1) is 0 Å². The van der Waals surface area contributed by atoms with Gasteiger partial charge in [0.2, 0.25) is 0 Å². The van der Waals surface area contributed by atoms with Crippen molar-refractivity contribution in [2.24, 2.45) is 0 Å². The summed E-state index contributed by atoms with van der Waals surface area (Å²) in [7, 11) is 0. The number of nitrogens with one attached hydrogen (secondary N) is 1. The van der Waals surface area contributed by atoms with Crippen LogP contribution in [0.4, 0.5) is 4.39 Å². The number of aromatic amines is 1. The van der Waals surface area contributed by atoms with E-state index in [-0.39, 0.29) is 12.2 Å². The smallest absolute Gasteiger partial charge is 0.132 e. The second kappa shape index (κ2) is 3.15. The van der Waals surface area contributed by atoms with E-state index in [9.17, 15) is 4.39 Å². The lowest BCUT2D eigenvalue weighted by Crippen LogP contribution is -1.84. The maximum atomic E-state index is 13.5. The fraction of sp³-hybridized carbons (Fsp3) is 0.182. The van der Waals surface area contributed by atoms with E-state index in [1.54, 1.807) is 12.3 Å². The first-order valence-electron chi connectivity index (χ1n) is 4.36. The number of benzene rings is 1.